The number of alkyl halides is 3. The van der Waals surface area contributed by atoms with E-state index in [-0.39, 0.29) is 22.2 Å². The van der Waals surface area contributed by atoms with Gasteiger partial charge in [0.05, 0.1) is 4.90 Å². The molecule has 9 nitrogen and oxygen atoms in total. The standard InChI is InChI=1S/C23H21F3N6O3S/c1-14-3-5-16(6-4-14)36(34,35)32-12-9-18-17(7-10-28-21(18)32)20-27-11-8-19(31-20)30-15(2)22(33)29-13-23(24,25)26/h3-12,15H,13H2,1-2H3,(H,29,33)(H,27,30,31)/t15-/m0/s1. The second kappa shape index (κ2) is 9.57. The van der Waals surface area contributed by atoms with Crippen LogP contribution in [-0.2, 0) is 14.8 Å². The fourth-order valence-electron chi connectivity index (χ4n) is 3.42. The molecule has 1 aromatic carbocycles. The zero-order chi connectivity index (χ0) is 26.1. The van der Waals surface area contributed by atoms with Gasteiger partial charge in [0, 0.05) is 29.5 Å². The van der Waals surface area contributed by atoms with Crippen molar-refractivity contribution < 1.29 is 26.4 Å². The zero-order valence-electron chi connectivity index (χ0n) is 19.1. The van der Waals surface area contributed by atoms with Crippen molar-refractivity contribution in [3.8, 4) is 11.4 Å². The third-order valence-corrected chi connectivity index (χ3v) is 6.93. The summed E-state index contributed by atoms with van der Waals surface area (Å²) in [6.07, 6.45) is -0.286. The molecule has 0 saturated carbocycles. The summed E-state index contributed by atoms with van der Waals surface area (Å²) >= 11 is 0. The molecule has 0 aliphatic heterocycles. The Morgan fingerprint density at radius 2 is 1.75 bits per heavy atom. The molecule has 4 rings (SSSR count). The zero-order valence-corrected chi connectivity index (χ0v) is 19.9. The van der Waals surface area contributed by atoms with Crippen molar-refractivity contribution >= 4 is 32.8 Å². The van der Waals surface area contributed by atoms with Gasteiger partial charge in [-0.05, 0) is 44.2 Å². The van der Waals surface area contributed by atoms with Crippen LogP contribution in [0.3, 0.4) is 0 Å². The van der Waals surface area contributed by atoms with E-state index in [1.807, 2.05) is 12.2 Å². The maximum absolute atomic E-state index is 13.2. The Kier molecular flexibility index (Phi) is 6.67. The van der Waals surface area contributed by atoms with Gasteiger partial charge in [0.25, 0.3) is 10.0 Å². The number of aromatic nitrogens is 4. The largest absolute Gasteiger partial charge is 0.405 e. The summed E-state index contributed by atoms with van der Waals surface area (Å²) in [6.45, 7) is 1.81. The van der Waals surface area contributed by atoms with Crippen LogP contribution in [0.25, 0.3) is 22.4 Å². The lowest BCUT2D eigenvalue weighted by Crippen LogP contribution is -2.42. The number of aryl methyl sites for hydroxylation is 1. The number of nitrogens with one attached hydrogen (secondary N) is 2. The third kappa shape index (κ3) is 5.30. The molecule has 0 saturated heterocycles. The first-order valence-electron chi connectivity index (χ1n) is 10.7. The second-order valence-corrected chi connectivity index (χ2v) is 9.80. The van der Waals surface area contributed by atoms with Crippen molar-refractivity contribution in [1.29, 1.82) is 0 Å². The van der Waals surface area contributed by atoms with Gasteiger partial charge >= 0.3 is 6.18 Å². The topological polar surface area (TPSA) is 119 Å². The molecule has 0 fully saturated rings. The molecular weight excluding hydrogens is 497 g/mol. The van der Waals surface area contributed by atoms with Crippen molar-refractivity contribution in [1.82, 2.24) is 24.2 Å². The molecule has 188 valence electrons. The molecule has 13 heteroatoms. The summed E-state index contributed by atoms with van der Waals surface area (Å²) in [4.78, 5) is 24.9. The monoisotopic (exact) mass is 518 g/mol. The molecule has 0 unspecified atom stereocenters. The van der Waals surface area contributed by atoms with E-state index in [1.54, 1.807) is 24.3 Å². The Bertz CT molecular complexity index is 1520. The highest BCUT2D eigenvalue weighted by atomic mass is 32.2. The molecule has 0 spiro atoms. The minimum Gasteiger partial charge on any atom is -0.359 e. The average Bonchev–Trinajstić information content (AvgIpc) is 3.28. The van der Waals surface area contributed by atoms with Crippen LogP contribution < -0.4 is 10.6 Å². The minimum absolute atomic E-state index is 0.109. The Balaban J connectivity index is 1.63. The fourth-order valence-corrected chi connectivity index (χ4v) is 4.73. The van der Waals surface area contributed by atoms with Gasteiger partial charge in [-0.3, -0.25) is 4.79 Å². The average molecular weight is 519 g/mol. The Hall–Kier alpha value is -4.00. The maximum atomic E-state index is 13.2. The van der Waals surface area contributed by atoms with Crippen LogP contribution >= 0.6 is 0 Å². The number of nitrogens with zero attached hydrogens (tertiary/aromatic N) is 4. The molecule has 36 heavy (non-hydrogen) atoms. The van der Waals surface area contributed by atoms with E-state index < -0.39 is 34.7 Å². The van der Waals surface area contributed by atoms with E-state index in [2.05, 4.69) is 20.3 Å². The van der Waals surface area contributed by atoms with E-state index in [4.69, 9.17) is 0 Å². The van der Waals surface area contributed by atoms with Crippen LogP contribution in [0.2, 0.25) is 0 Å². The summed E-state index contributed by atoms with van der Waals surface area (Å²) in [7, 11) is -3.91. The smallest absolute Gasteiger partial charge is 0.359 e. The summed E-state index contributed by atoms with van der Waals surface area (Å²) in [5.74, 6) is -0.440. The van der Waals surface area contributed by atoms with Crippen LogP contribution in [0.1, 0.15) is 12.5 Å². The highest BCUT2D eigenvalue weighted by Crippen LogP contribution is 2.28. The number of amides is 1. The van der Waals surface area contributed by atoms with Gasteiger partial charge in [0.1, 0.15) is 18.4 Å². The first-order chi connectivity index (χ1) is 17.0. The van der Waals surface area contributed by atoms with Crippen molar-refractivity contribution in [3.63, 3.8) is 0 Å². The van der Waals surface area contributed by atoms with E-state index in [0.29, 0.717) is 10.9 Å². The van der Waals surface area contributed by atoms with E-state index in [1.165, 1.54) is 43.7 Å². The normalized spacial score (nSPS) is 12.9. The maximum Gasteiger partial charge on any atom is 0.405 e. The van der Waals surface area contributed by atoms with E-state index >= 15 is 0 Å². The molecule has 3 heterocycles. The number of carbonyl (C=O) groups excluding carboxylic acids is 1. The van der Waals surface area contributed by atoms with Crippen LogP contribution in [0.15, 0.2) is 66.0 Å². The summed E-state index contributed by atoms with van der Waals surface area (Å²) in [5, 5.41) is 5.03. The SMILES string of the molecule is Cc1ccc(S(=O)(=O)n2ccc3c(-c4nccc(N[C@@H](C)C(=O)NCC(F)(F)F)n4)ccnc32)cc1. The minimum atomic E-state index is -4.52. The lowest BCUT2D eigenvalue weighted by molar-refractivity contribution is -0.138. The van der Waals surface area contributed by atoms with Gasteiger partial charge in [-0.15, -0.1) is 0 Å². The van der Waals surface area contributed by atoms with Crippen LogP contribution in [0, 0.1) is 6.92 Å². The molecule has 1 atom stereocenters. The van der Waals surface area contributed by atoms with Gasteiger partial charge in [-0.1, -0.05) is 17.7 Å². The predicted octanol–water partition coefficient (Wildman–Crippen LogP) is 3.52. The lowest BCUT2D eigenvalue weighted by Gasteiger charge is -2.16. The molecule has 1 amide bonds. The first kappa shape index (κ1) is 25.1. The van der Waals surface area contributed by atoms with Gasteiger partial charge in [-0.2, -0.15) is 13.2 Å². The number of hydrogen-bond acceptors (Lipinski definition) is 7. The number of rotatable bonds is 7. The number of halogens is 3. The molecular formula is C23H21F3N6O3S. The van der Waals surface area contributed by atoms with Gasteiger partial charge < -0.3 is 10.6 Å². The Morgan fingerprint density at radius 3 is 2.44 bits per heavy atom. The van der Waals surface area contributed by atoms with Crippen molar-refractivity contribution in [2.75, 3.05) is 11.9 Å². The van der Waals surface area contributed by atoms with Crippen molar-refractivity contribution in [3.05, 3.63) is 66.6 Å². The summed E-state index contributed by atoms with van der Waals surface area (Å²) in [5.41, 5.74) is 1.58. The Labute approximate surface area is 204 Å². The first-order valence-corrected chi connectivity index (χ1v) is 12.1. The molecule has 3 aromatic heterocycles. The molecule has 4 aromatic rings. The van der Waals surface area contributed by atoms with E-state index in [0.717, 1.165) is 9.54 Å². The summed E-state index contributed by atoms with van der Waals surface area (Å²) < 4.78 is 64.6. The third-order valence-electron chi connectivity index (χ3n) is 5.25. The highest BCUT2D eigenvalue weighted by molar-refractivity contribution is 7.90. The number of anilines is 1. The molecule has 0 aliphatic rings. The second-order valence-electron chi connectivity index (χ2n) is 7.99. The molecule has 0 bridgehead atoms. The number of hydrogen-bond donors (Lipinski definition) is 2. The van der Waals surface area contributed by atoms with Gasteiger partial charge in [0.2, 0.25) is 5.91 Å². The highest BCUT2D eigenvalue weighted by Gasteiger charge is 2.29. The van der Waals surface area contributed by atoms with Gasteiger partial charge in [-0.25, -0.2) is 27.3 Å². The number of fused-ring (bicyclic) bond motifs is 1. The van der Waals surface area contributed by atoms with Crippen LogP contribution in [0.4, 0.5) is 19.0 Å². The predicted molar refractivity (Wildman–Crippen MR) is 127 cm³/mol. The number of pyridine rings is 1. The van der Waals surface area contributed by atoms with Crippen molar-refractivity contribution in [2.24, 2.45) is 0 Å². The van der Waals surface area contributed by atoms with Crippen LogP contribution in [-0.4, -0.2) is 52.0 Å². The van der Waals surface area contributed by atoms with Crippen LogP contribution in [0.5, 0.6) is 0 Å². The molecule has 2 N–H and O–H groups in total. The quantitative estimate of drug-likeness (QED) is 0.384. The van der Waals surface area contributed by atoms with Gasteiger partial charge in [0.15, 0.2) is 11.5 Å². The Morgan fingerprint density at radius 1 is 1.06 bits per heavy atom. The fraction of sp³-hybridized carbons (Fsp3) is 0.217. The van der Waals surface area contributed by atoms with Crippen molar-refractivity contribution in [2.45, 2.75) is 31.0 Å². The summed E-state index contributed by atoms with van der Waals surface area (Å²) in [6, 6.07) is 10.1. The number of benzene rings is 1. The lowest BCUT2D eigenvalue weighted by atomic mass is 10.2. The number of carbonyl (C=O) groups is 1. The molecule has 0 aliphatic carbocycles. The molecule has 0 radical (unpaired) electrons. The van der Waals surface area contributed by atoms with E-state index in [9.17, 15) is 26.4 Å².